The molecule has 0 unspecified atom stereocenters. The van der Waals surface area contributed by atoms with Crippen LogP contribution in [0.4, 0.5) is 0 Å². The highest BCUT2D eigenvalue weighted by Crippen LogP contribution is 2.22. The molecule has 0 N–H and O–H groups in total. The minimum atomic E-state index is 0.498. The molecular formula is C16H12Cl2N4S. The molecule has 2 aromatic carbocycles. The minimum Gasteiger partial charge on any atom is -0.195 e. The molecule has 1 heterocycles. The average Bonchev–Trinajstić information content (AvgIpc) is 3.02. The van der Waals surface area contributed by atoms with Crippen LogP contribution in [-0.4, -0.2) is 21.1 Å². The molecule has 0 atom stereocenters. The molecule has 0 fully saturated rings. The Labute approximate surface area is 148 Å². The molecule has 0 aliphatic heterocycles. The fraction of sp³-hybridized carbons (Fsp3) is 0.0625. The highest BCUT2D eigenvalue weighted by atomic mass is 35.5. The van der Waals surface area contributed by atoms with Crippen molar-refractivity contribution < 1.29 is 0 Å². The SMILES string of the molecule is Clc1ccc(C=Nn2cnnc2SCc2ccccc2)cc1Cl. The molecule has 0 bridgehead atoms. The third kappa shape index (κ3) is 4.34. The Morgan fingerprint density at radius 1 is 1.09 bits per heavy atom. The standard InChI is InChI=1S/C16H12Cl2N4S/c17-14-7-6-13(8-15(14)18)9-20-22-11-19-21-16(22)23-10-12-4-2-1-3-5-12/h1-9,11H,10H2. The molecule has 0 saturated heterocycles. The van der Waals surface area contributed by atoms with Crippen LogP contribution in [0.5, 0.6) is 0 Å². The van der Waals surface area contributed by atoms with Crippen molar-refractivity contribution >= 4 is 41.2 Å². The summed E-state index contributed by atoms with van der Waals surface area (Å²) in [6.45, 7) is 0. The van der Waals surface area contributed by atoms with Crippen molar-refractivity contribution in [2.75, 3.05) is 0 Å². The van der Waals surface area contributed by atoms with E-state index in [2.05, 4.69) is 27.4 Å². The van der Waals surface area contributed by atoms with Gasteiger partial charge in [0.05, 0.1) is 16.3 Å². The Hall–Kier alpha value is -1.82. The van der Waals surface area contributed by atoms with Crippen LogP contribution in [0.2, 0.25) is 10.0 Å². The summed E-state index contributed by atoms with van der Waals surface area (Å²) < 4.78 is 1.64. The van der Waals surface area contributed by atoms with Crippen molar-refractivity contribution in [1.82, 2.24) is 14.9 Å². The van der Waals surface area contributed by atoms with E-state index in [0.29, 0.717) is 10.0 Å². The lowest BCUT2D eigenvalue weighted by atomic mass is 10.2. The van der Waals surface area contributed by atoms with Crippen molar-refractivity contribution in [1.29, 1.82) is 0 Å². The lowest BCUT2D eigenvalue weighted by Gasteiger charge is -2.01. The van der Waals surface area contributed by atoms with E-state index >= 15 is 0 Å². The maximum absolute atomic E-state index is 5.99. The maximum Gasteiger partial charge on any atom is 0.212 e. The van der Waals surface area contributed by atoms with E-state index in [1.165, 1.54) is 5.56 Å². The first-order valence-corrected chi connectivity index (χ1v) is 8.53. The van der Waals surface area contributed by atoms with Gasteiger partial charge in [0.1, 0.15) is 6.33 Å². The summed E-state index contributed by atoms with van der Waals surface area (Å²) >= 11 is 13.5. The molecular weight excluding hydrogens is 351 g/mol. The topological polar surface area (TPSA) is 43.1 Å². The monoisotopic (exact) mass is 362 g/mol. The van der Waals surface area contributed by atoms with Crippen LogP contribution in [0.3, 0.4) is 0 Å². The Bertz CT molecular complexity index is 818. The van der Waals surface area contributed by atoms with Gasteiger partial charge in [-0.3, -0.25) is 0 Å². The van der Waals surface area contributed by atoms with Crippen LogP contribution < -0.4 is 0 Å². The van der Waals surface area contributed by atoms with Crippen molar-refractivity contribution in [3.05, 3.63) is 76.0 Å². The largest absolute Gasteiger partial charge is 0.212 e. The third-order valence-corrected chi connectivity index (χ3v) is 4.73. The first-order chi connectivity index (χ1) is 11.2. The van der Waals surface area contributed by atoms with Gasteiger partial charge in [-0.1, -0.05) is 71.4 Å². The molecule has 0 amide bonds. The van der Waals surface area contributed by atoms with E-state index in [4.69, 9.17) is 23.2 Å². The fourth-order valence-electron chi connectivity index (χ4n) is 1.84. The summed E-state index contributed by atoms with van der Waals surface area (Å²) in [6, 6.07) is 15.5. The van der Waals surface area contributed by atoms with E-state index in [1.54, 1.807) is 41.1 Å². The second-order valence-corrected chi connectivity index (χ2v) is 6.41. The van der Waals surface area contributed by atoms with Gasteiger partial charge in [0.15, 0.2) is 0 Å². The molecule has 1 aromatic heterocycles. The van der Waals surface area contributed by atoms with Gasteiger partial charge >= 0.3 is 0 Å². The van der Waals surface area contributed by atoms with Crippen molar-refractivity contribution in [2.24, 2.45) is 5.10 Å². The maximum atomic E-state index is 5.99. The van der Waals surface area contributed by atoms with E-state index in [0.717, 1.165) is 16.5 Å². The Morgan fingerprint density at radius 2 is 1.91 bits per heavy atom. The van der Waals surface area contributed by atoms with Crippen LogP contribution in [0.1, 0.15) is 11.1 Å². The second-order valence-electron chi connectivity index (χ2n) is 4.65. The van der Waals surface area contributed by atoms with Crippen molar-refractivity contribution in [3.8, 4) is 0 Å². The van der Waals surface area contributed by atoms with E-state index in [9.17, 15) is 0 Å². The first-order valence-electron chi connectivity index (χ1n) is 6.78. The smallest absolute Gasteiger partial charge is 0.195 e. The number of nitrogens with zero attached hydrogens (tertiary/aromatic N) is 4. The van der Waals surface area contributed by atoms with Gasteiger partial charge in [-0.2, -0.15) is 9.78 Å². The summed E-state index contributed by atoms with van der Waals surface area (Å²) in [5, 5.41) is 14.1. The summed E-state index contributed by atoms with van der Waals surface area (Å²) in [4.78, 5) is 0. The number of thioether (sulfide) groups is 1. The fourth-order valence-corrected chi connectivity index (χ4v) is 2.96. The minimum absolute atomic E-state index is 0.498. The molecule has 4 nitrogen and oxygen atoms in total. The van der Waals surface area contributed by atoms with Gasteiger partial charge in [-0.15, -0.1) is 10.2 Å². The normalized spacial score (nSPS) is 11.2. The molecule has 3 rings (SSSR count). The molecule has 23 heavy (non-hydrogen) atoms. The van der Waals surface area contributed by atoms with Gasteiger partial charge in [-0.25, -0.2) is 0 Å². The Kier molecular flexibility index (Phi) is 5.33. The molecule has 0 radical (unpaired) electrons. The summed E-state index contributed by atoms with van der Waals surface area (Å²) in [5.41, 5.74) is 2.08. The molecule has 3 aromatic rings. The Balaban J connectivity index is 1.70. The molecule has 0 aliphatic carbocycles. The molecule has 7 heteroatoms. The lowest BCUT2D eigenvalue weighted by Crippen LogP contribution is -1.93. The van der Waals surface area contributed by atoms with Crippen LogP contribution in [0, 0.1) is 0 Å². The molecule has 0 aliphatic rings. The summed E-state index contributed by atoms with van der Waals surface area (Å²) in [6.07, 6.45) is 3.26. The number of rotatable bonds is 5. The van der Waals surface area contributed by atoms with Gasteiger partial charge in [0.25, 0.3) is 0 Å². The predicted molar refractivity (Wildman–Crippen MR) is 95.5 cm³/mol. The highest BCUT2D eigenvalue weighted by molar-refractivity contribution is 7.98. The van der Waals surface area contributed by atoms with Gasteiger partial charge in [0.2, 0.25) is 5.16 Å². The molecule has 116 valence electrons. The van der Waals surface area contributed by atoms with E-state index in [1.807, 2.05) is 24.3 Å². The zero-order valence-electron chi connectivity index (χ0n) is 11.9. The van der Waals surface area contributed by atoms with Crippen LogP contribution >= 0.6 is 35.0 Å². The highest BCUT2D eigenvalue weighted by Gasteiger charge is 2.04. The van der Waals surface area contributed by atoms with Crippen LogP contribution in [0.15, 0.2) is 65.1 Å². The van der Waals surface area contributed by atoms with E-state index < -0.39 is 0 Å². The number of hydrogen-bond donors (Lipinski definition) is 0. The van der Waals surface area contributed by atoms with Crippen molar-refractivity contribution in [2.45, 2.75) is 10.9 Å². The number of aromatic nitrogens is 3. The van der Waals surface area contributed by atoms with Crippen molar-refractivity contribution in [3.63, 3.8) is 0 Å². The second kappa shape index (κ2) is 7.64. The average molecular weight is 363 g/mol. The Morgan fingerprint density at radius 3 is 2.70 bits per heavy atom. The summed E-state index contributed by atoms with van der Waals surface area (Å²) in [7, 11) is 0. The van der Waals surface area contributed by atoms with Gasteiger partial charge < -0.3 is 0 Å². The lowest BCUT2D eigenvalue weighted by molar-refractivity contribution is 0.767. The zero-order chi connectivity index (χ0) is 16.1. The number of benzene rings is 2. The quantitative estimate of drug-likeness (QED) is 0.485. The molecule has 0 spiro atoms. The van der Waals surface area contributed by atoms with Gasteiger partial charge in [0, 0.05) is 5.75 Å². The van der Waals surface area contributed by atoms with Gasteiger partial charge in [-0.05, 0) is 23.3 Å². The first kappa shape index (κ1) is 16.1. The summed E-state index contributed by atoms with van der Waals surface area (Å²) in [5.74, 6) is 0.807. The predicted octanol–water partition coefficient (Wildman–Crippen LogP) is 4.76. The number of halogens is 2. The molecule has 0 saturated carbocycles. The van der Waals surface area contributed by atoms with Crippen LogP contribution in [-0.2, 0) is 5.75 Å². The third-order valence-electron chi connectivity index (χ3n) is 2.99. The van der Waals surface area contributed by atoms with Crippen LogP contribution in [0.25, 0.3) is 0 Å². The zero-order valence-corrected chi connectivity index (χ0v) is 14.3. The number of hydrogen-bond acceptors (Lipinski definition) is 4. The van der Waals surface area contributed by atoms with E-state index in [-0.39, 0.29) is 0 Å².